The summed E-state index contributed by atoms with van der Waals surface area (Å²) >= 11 is 0. The van der Waals surface area contributed by atoms with E-state index in [9.17, 15) is 4.79 Å². The molecule has 0 N–H and O–H groups in total. The third kappa shape index (κ3) is 8.35. The van der Waals surface area contributed by atoms with Crippen molar-refractivity contribution in [1.29, 1.82) is 0 Å². The summed E-state index contributed by atoms with van der Waals surface area (Å²) in [6, 6.07) is 7.44. The van der Waals surface area contributed by atoms with E-state index in [0.717, 1.165) is 42.6 Å². The highest BCUT2D eigenvalue weighted by atomic mass is 16.5. The van der Waals surface area contributed by atoms with Crippen molar-refractivity contribution in [3.8, 4) is 11.3 Å². The van der Waals surface area contributed by atoms with E-state index < -0.39 is 0 Å². The molecule has 4 heteroatoms. The molecule has 0 unspecified atom stereocenters. The number of rotatable bonds is 13. The van der Waals surface area contributed by atoms with Crippen molar-refractivity contribution in [1.82, 2.24) is 9.97 Å². The Morgan fingerprint density at radius 2 is 1.59 bits per heavy atom. The fraction of sp³-hybridized carbons (Fsp3) is 0.560. The molecule has 1 atom stereocenters. The van der Waals surface area contributed by atoms with Crippen LogP contribution >= 0.6 is 0 Å². The van der Waals surface area contributed by atoms with Gasteiger partial charge < -0.3 is 4.74 Å². The van der Waals surface area contributed by atoms with Gasteiger partial charge in [0.25, 0.3) is 0 Å². The van der Waals surface area contributed by atoms with Crippen molar-refractivity contribution in [2.45, 2.75) is 91.1 Å². The number of aryl methyl sites for hydroxylation is 1. The van der Waals surface area contributed by atoms with E-state index in [-0.39, 0.29) is 12.1 Å². The first-order valence-corrected chi connectivity index (χ1v) is 11.3. The molecule has 0 radical (unpaired) electrons. The fourth-order valence-corrected chi connectivity index (χ4v) is 3.31. The molecule has 0 saturated carbocycles. The van der Waals surface area contributed by atoms with Crippen molar-refractivity contribution in [2.24, 2.45) is 0 Å². The largest absolute Gasteiger partial charge is 0.459 e. The maximum absolute atomic E-state index is 12.3. The number of carbonyl (C=O) groups excluding carboxylic acids is 1. The van der Waals surface area contributed by atoms with E-state index >= 15 is 0 Å². The van der Waals surface area contributed by atoms with Gasteiger partial charge >= 0.3 is 5.97 Å². The van der Waals surface area contributed by atoms with Crippen LogP contribution in [0.4, 0.5) is 0 Å². The van der Waals surface area contributed by atoms with Crippen LogP contribution in [-0.2, 0) is 11.2 Å². The standard InChI is InChI=1S/C25H36N2O2/c1-4-6-8-10-12-20(3)29-25(28)22-16-14-21(15-17-22)24-19-26-23(18-27-24)13-11-9-7-5-2/h14-20H,4-13H2,1-3H3/t20-/m1/s1. The maximum Gasteiger partial charge on any atom is 0.338 e. The van der Waals surface area contributed by atoms with Crippen LogP contribution in [0.2, 0.25) is 0 Å². The Bertz CT molecular complexity index is 711. The first-order valence-electron chi connectivity index (χ1n) is 11.3. The summed E-state index contributed by atoms with van der Waals surface area (Å²) in [4.78, 5) is 21.4. The molecule has 0 spiro atoms. The van der Waals surface area contributed by atoms with Gasteiger partial charge in [-0.3, -0.25) is 9.97 Å². The number of esters is 1. The van der Waals surface area contributed by atoms with Crippen LogP contribution in [0.1, 0.15) is 94.6 Å². The average Bonchev–Trinajstić information content (AvgIpc) is 2.75. The summed E-state index contributed by atoms with van der Waals surface area (Å²) in [6.45, 7) is 6.38. The number of benzene rings is 1. The van der Waals surface area contributed by atoms with E-state index in [1.54, 1.807) is 0 Å². The topological polar surface area (TPSA) is 52.1 Å². The molecule has 2 aromatic rings. The van der Waals surface area contributed by atoms with Gasteiger partial charge in [-0.15, -0.1) is 0 Å². The van der Waals surface area contributed by atoms with Gasteiger partial charge in [-0.2, -0.15) is 0 Å². The molecule has 0 amide bonds. The fourth-order valence-electron chi connectivity index (χ4n) is 3.31. The Hall–Kier alpha value is -2.23. The summed E-state index contributed by atoms with van der Waals surface area (Å²) in [5.74, 6) is -0.256. The third-order valence-electron chi connectivity index (χ3n) is 5.18. The summed E-state index contributed by atoms with van der Waals surface area (Å²) < 4.78 is 5.57. The second-order valence-electron chi connectivity index (χ2n) is 7.85. The SMILES string of the molecule is CCCCCCc1cnc(-c2ccc(C(=O)O[C@H](C)CCCCCC)cc2)cn1. The summed E-state index contributed by atoms with van der Waals surface area (Å²) in [6.07, 6.45) is 15.2. The zero-order valence-corrected chi connectivity index (χ0v) is 18.3. The minimum atomic E-state index is -0.256. The summed E-state index contributed by atoms with van der Waals surface area (Å²) in [7, 11) is 0. The molecular formula is C25H36N2O2. The lowest BCUT2D eigenvalue weighted by molar-refractivity contribution is 0.0319. The van der Waals surface area contributed by atoms with Gasteiger partial charge in [0.15, 0.2) is 0 Å². The molecule has 1 aromatic heterocycles. The highest BCUT2D eigenvalue weighted by molar-refractivity contribution is 5.90. The number of nitrogens with zero attached hydrogens (tertiary/aromatic N) is 2. The average molecular weight is 397 g/mol. The first-order chi connectivity index (χ1) is 14.1. The smallest absolute Gasteiger partial charge is 0.338 e. The molecule has 0 aliphatic carbocycles. The second-order valence-corrected chi connectivity index (χ2v) is 7.85. The first kappa shape index (κ1) is 23.1. The number of hydrogen-bond acceptors (Lipinski definition) is 4. The monoisotopic (exact) mass is 396 g/mol. The molecule has 0 bridgehead atoms. The van der Waals surface area contributed by atoms with Crippen LogP contribution in [0, 0.1) is 0 Å². The van der Waals surface area contributed by atoms with Crippen LogP contribution in [0.25, 0.3) is 11.3 Å². The lowest BCUT2D eigenvalue weighted by Crippen LogP contribution is -2.15. The molecule has 0 saturated heterocycles. The van der Waals surface area contributed by atoms with Crippen LogP contribution in [0.3, 0.4) is 0 Å². The van der Waals surface area contributed by atoms with Crippen molar-refractivity contribution in [2.75, 3.05) is 0 Å². The molecule has 0 fully saturated rings. The zero-order valence-electron chi connectivity index (χ0n) is 18.3. The molecule has 29 heavy (non-hydrogen) atoms. The van der Waals surface area contributed by atoms with Crippen LogP contribution in [0.5, 0.6) is 0 Å². The molecule has 1 aromatic carbocycles. The second kappa shape index (κ2) is 13.1. The lowest BCUT2D eigenvalue weighted by Gasteiger charge is -2.13. The number of unbranched alkanes of at least 4 members (excludes halogenated alkanes) is 6. The van der Waals surface area contributed by atoms with Crippen LogP contribution in [0.15, 0.2) is 36.7 Å². The third-order valence-corrected chi connectivity index (χ3v) is 5.18. The lowest BCUT2D eigenvalue weighted by atomic mass is 10.1. The molecule has 0 aliphatic rings. The van der Waals surface area contributed by atoms with E-state index in [1.807, 2.05) is 43.6 Å². The molecular weight excluding hydrogens is 360 g/mol. The molecule has 158 valence electrons. The Balaban J connectivity index is 1.85. The van der Waals surface area contributed by atoms with E-state index in [4.69, 9.17) is 4.74 Å². The Kier molecular flexibility index (Phi) is 10.4. The quantitative estimate of drug-likeness (QED) is 0.276. The predicted octanol–water partition coefficient (Wildman–Crippen LogP) is 6.78. The number of carbonyl (C=O) groups is 1. The van der Waals surface area contributed by atoms with Crippen molar-refractivity contribution in [3.05, 3.63) is 47.9 Å². The molecule has 2 rings (SSSR count). The number of ether oxygens (including phenoxy) is 1. The Morgan fingerprint density at radius 3 is 2.21 bits per heavy atom. The summed E-state index contributed by atoms with van der Waals surface area (Å²) in [5, 5.41) is 0. The van der Waals surface area contributed by atoms with E-state index in [2.05, 4.69) is 23.8 Å². The summed E-state index contributed by atoms with van der Waals surface area (Å²) in [5.41, 5.74) is 3.40. The van der Waals surface area contributed by atoms with Crippen molar-refractivity contribution >= 4 is 5.97 Å². The van der Waals surface area contributed by atoms with Gasteiger partial charge in [-0.25, -0.2) is 4.79 Å². The normalized spacial score (nSPS) is 12.0. The van der Waals surface area contributed by atoms with E-state index in [1.165, 1.54) is 38.5 Å². The van der Waals surface area contributed by atoms with Crippen molar-refractivity contribution < 1.29 is 9.53 Å². The molecule has 4 nitrogen and oxygen atoms in total. The highest BCUT2D eigenvalue weighted by Gasteiger charge is 2.12. The number of aromatic nitrogens is 2. The number of hydrogen-bond donors (Lipinski definition) is 0. The van der Waals surface area contributed by atoms with Gasteiger partial charge in [0.05, 0.1) is 29.3 Å². The minimum absolute atomic E-state index is 0.0465. The maximum atomic E-state index is 12.3. The van der Waals surface area contributed by atoms with Gasteiger partial charge in [0.2, 0.25) is 0 Å². The molecule has 1 heterocycles. The predicted molar refractivity (Wildman–Crippen MR) is 119 cm³/mol. The minimum Gasteiger partial charge on any atom is -0.459 e. The zero-order chi connectivity index (χ0) is 20.9. The van der Waals surface area contributed by atoms with E-state index in [0.29, 0.717) is 5.56 Å². The van der Waals surface area contributed by atoms with Gasteiger partial charge in [0, 0.05) is 11.8 Å². The van der Waals surface area contributed by atoms with Gasteiger partial charge in [0.1, 0.15) is 0 Å². The Morgan fingerprint density at radius 1 is 0.897 bits per heavy atom. The van der Waals surface area contributed by atoms with Crippen LogP contribution in [-0.4, -0.2) is 22.0 Å². The van der Waals surface area contributed by atoms with Crippen molar-refractivity contribution in [3.63, 3.8) is 0 Å². The van der Waals surface area contributed by atoms with Gasteiger partial charge in [-0.1, -0.05) is 64.5 Å². The Labute approximate surface area is 176 Å². The van der Waals surface area contributed by atoms with Crippen LogP contribution < -0.4 is 0 Å². The van der Waals surface area contributed by atoms with Gasteiger partial charge in [-0.05, 0) is 44.7 Å². The molecule has 0 aliphatic heterocycles. The highest BCUT2D eigenvalue weighted by Crippen LogP contribution is 2.18.